The maximum absolute atomic E-state index is 11.0. The standard InChI is InChI=1S/C10H14O3/c1-6(2)13-8-4-9(7(3)11)10(12)5-8/h4-6,10,12H,1-3H3. The van der Waals surface area contributed by atoms with Crippen molar-refractivity contribution in [2.45, 2.75) is 33.0 Å². The van der Waals surface area contributed by atoms with Crippen LogP contribution >= 0.6 is 0 Å². The van der Waals surface area contributed by atoms with Crippen LogP contribution in [0.2, 0.25) is 0 Å². The maximum Gasteiger partial charge on any atom is 0.158 e. The number of aliphatic hydroxyl groups excluding tert-OH is 1. The van der Waals surface area contributed by atoms with Gasteiger partial charge in [0.1, 0.15) is 11.9 Å². The first kappa shape index (κ1) is 9.99. The lowest BCUT2D eigenvalue weighted by molar-refractivity contribution is -0.114. The minimum atomic E-state index is -0.800. The summed E-state index contributed by atoms with van der Waals surface area (Å²) >= 11 is 0. The molecule has 1 rings (SSSR count). The SMILES string of the molecule is CC(=O)C1=CC(OC(C)C)=CC1O. The molecule has 0 aromatic carbocycles. The number of carbonyl (C=O) groups excluding carboxylic acids is 1. The number of rotatable bonds is 3. The Kier molecular flexibility index (Phi) is 2.88. The number of carbonyl (C=O) groups is 1. The van der Waals surface area contributed by atoms with E-state index in [1.165, 1.54) is 13.0 Å². The molecule has 0 radical (unpaired) electrons. The van der Waals surface area contributed by atoms with Gasteiger partial charge >= 0.3 is 0 Å². The van der Waals surface area contributed by atoms with Crippen molar-refractivity contribution in [1.82, 2.24) is 0 Å². The van der Waals surface area contributed by atoms with Crippen LogP contribution < -0.4 is 0 Å². The summed E-state index contributed by atoms with van der Waals surface area (Å²) in [6.45, 7) is 5.22. The summed E-state index contributed by atoms with van der Waals surface area (Å²) < 4.78 is 5.33. The smallest absolute Gasteiger partial charge is 0.158 e. The van der Waals surface area contributed by atoms with Crippen LogP contribution in [0.1, 0.15) is 20.8 Å². The monoisotopic (exact) mass is 182 g/mol. The van der Waals surface area contributed by atoms with Crippen molar-refractivity contribution in [2.24, 2.45) is 0 Å². The van der Waals surface area contributed by atoms with Crippen LogP contribution in [-0.2, 0) is 9.53 Å². The molecule has 72 valence electrons. The predicted molar refractivity (Wildman–Crippen MR) is 49.1 cm³/mol. The van der Waals surface area contributed by atoms with Gasteiger partial charge in [0.05, 0.1) is 6.10 Å². The molecule has 1 unspecified atom stereocenters. The zero-order valence-corrected chi connectivity index (χ0v) is 8.07. The van der Waals surface area contributed by atoms with Crippen LogP contribution in [0, 0.1) is 0 Å². The van der Waals surface area contributed by atoms with Crippen LogP contribution in [0.3, 0.4) is 0 Å². The van der Waals surface area contributed by atoms with Gasteiger partial charge in [-0.15, -0.1) is 0 Å². The molecule has 0 saturated carbocycles. The van der Waals surface area contributed by atoms with Crippen LogP contribution in [0.4, 0.5) is 0 Å². The molecule has 0 fully saturated rings. The first-order chi connectivity index (χ1) is 6.00. The molecule has 0 aliphatic heterocycles. The molecule has 0 aromatic heterocycles. The van der Waals surface area contributed by atoms with Crippen molar-refractivity contribution in [3.05, 3.63) is 23.5 Å². The molecule has 0 amide bonds. The third kappa shape index (κ3) is 2.42. The third-order valence-electron chi connectivity index (χ3n) is 1.72. The minimum absolute atomic E-state index is 0.0565. The summed E-state index contributed by atoms with van der Waals surface area (Å²) in [5.74, 6) is 0.457. The second kappa shape index (κ2) is 3.75. The van der Waals surface area contributed by atoms with Crippen LogP contribution in [-0.4, -0.2) is 23.1 Å². The van der Waals surface area contributed by atoms with Gasteiger partial charge in [0.25, 0.3) is 0 Å². The third-order valence-corrected chi connectivity index (χ3v) is 1.72. The number of ketones is 1. The largest absolute Gasteiger partial charge is 0.491 e. The van der Waals surface area contributed by atoms with Gasteiger partial charge in [-0.25, -0.2) is 0 Å². The molecule has 0 saturated heterocycles. The number of ether oxygens (including phenoxy) is 1. The van der Waals surface area contributed by atoms with Gasteiger partial charge in [-0.3, -0.25) is 4.79 Å². The van der Waals surface area contributed by atoms with E-state index in [1.807, 2.05) is 13.8 Å². The van der Waals surface area contributed by atoms with E-state index in [-0.39, 0.29) is 11.9 Å². The molecule has 1 N–H and O–H groups in total. The van der Waals surface area contributed by atoms with E-state index in [0.717, 1.165) is 0 Å². The summed E-state index contributed by atoms with van der Waals surface area (Å²) in [6.07, 6.45) is 2.39. The van der Waals surface area contributed by atoms with Gasteiger partial charge in [-0.05, 0) is 32.9 Å². The topological polar surface area (TPSA) is 46.5 Å². The molecule has 13 heavy (non-hydrogen) atoms. The number of hydrogen-bond donors (Lipinski definition) is 1. The Hall–Kier alpha value is -1.09. The molecule has 0 bridgehead atoms. The Balaban J connectivity index is 2.71. The van der Waals surface area contributed by atoms with Gasteiger partial charge in [-0.2, -0.15) is 0 Å². The highest BCUT2D eigenvalue weighted by atomic mass is 16.5. The Labute approximate surface area is 77.7 Å². The zero-order valence-electron chi connectivity index (χ0n) is 8.07. The van der Waals surface area contributed by atoms with Crippen molar-refractivity contribution in [1.29, 1.82) is 0 Å². The number of aliphatic hydroxyl groups is 1. The zero-order chi connectivity index (χ0) is 10.0. The molecule has 3 heteroatoms. The summed E-state index contributed by atoms with van der Waals surface area (Å²) in [7, 11) is 0. The second-order valence-electron chi connectivity index (χ2n) is 3.34. The predicted octanol–water partition coefficient (Wildman–Crippen LogP) is 1.19. The van der Waals surface area contributed by atoms with Crippen LogP contribution in [0.25, 0.3) is 0 Å². The summed E-state index contributed by atoms with van der Waals surface area (Å²) in [6, 6.07) is 0. The number of hydrogen-bond acceptors (Lipinski definition) is 3. The first-order valence-electron chi connectivity index (χ1n) is 4.29. The lowest BCUT2D eigenvalue weighted by atomic mass is 10.1. The van der Waals surface area contributed by atoms with E-state index in [9.17, 15) is 9.90 Å². The second-order valence-corrected chi connectivity index (χ2v) is 3.34. The Morgan fingerprint density at radius 1 is 1.62 bits per heavy atom. The highest BCUT2D eigenvalue weighted by Crippen LogP contribution is 2.20. The lowest BCUT2D eigenvalue weighted by Crippen LogP contribution is -2.09. The molecule has 0 heterocycles. The molecular formula is C10H14O3. The highest BCUT2D eigenvalue weighted by molar-refractivity contribution is 5.95. The Bertz CT molecular complexity index is 274. The molecule has 3 nitrogen and oxygen atoms in total. The summed E-state index contributed by atoms with van der Waals surface area (Å²) in [5, 5.41) is 9.40. The van der Waals surface area contributed by atoms with Gasteiger partial charge in [0.15, 0.2) is 5.78 Å². The van der Waals surface area contributed by atoms with Crippen molar-refractivity contribution in [2.75, 3.05) is 0 Å². The van der Waals surface area contributed by atoms with Gasteiger partial charge < -0.3 is 9.84 Å². The normalized spacial score (nSPS) is 21.5. The maximum atomic E-state index is 11.0. The fourth-order valence-corrected chi connectivity index (χ4v) is 1.19. The van der Waals surface area contributed by atoms with Crippen LogP contribution in [0.5, 0.6) is 0 Å². The van der Waals surface area contributed by atoms with E-state index >= 15 is 0 Å². The Morgan fingerprint density at radius 3 is 2.62 bits per heavy atom. The molecule has 0 aromatic rings. The highest BCUT2D eigenvalue weighted by Gasteiger charge is 2.21. The van der Waals surface area contributed by atoms with Crippen molar-refractivity contribution in [3.63, 3.8) is 0 Å². The van der Waals surface area contributed by atoms with Crippen molar-refractivity contribution < 1.29 is 14.6 Å². The summed E-state index contributed by atoms with van der Waals surface area (Å²) in [4.78, 5) is 11.0. The average Bonchev–Trinajstić information content (AvgIpc) is 2.29. The molecule has 1 atom stereocenters. The van der Waals surface area contributed by atoms with Crippen molar-refractivity contribution in [3.8, 4) is 0 Å². The van der Waals surface area contributed by atoms with Gasteiger partial charge in [0.2, 0.25) is 0 Å². The minimum Gasteiger partial charge on any atom is -0.491 e. The first-order valence-corrected chi connectivity index (χ1v) is 4.29. The number of Topliss-reactive ketones (excluding diaryl/α,β-unsaturated/α-hetero) is 1. The van der Waals surface area contributed by atoms with E-state index in [0.29, 0.717) is 11.3 Å². The quantitative estimate of drug-likeness (QED) is 0.713. The van der Waals surface area contributed by atoms with E-state index < -0.39 is 6.10 Å². The van der Waals surface area contributed by atoms with E-state index in [1.54, 1.807) is 6.08 Å². The van der Waals surface area contributed by atoms with Gasteiger partial charge in [0, 0.05) is 5.57 Å². The lowest BCUT2D eigenvalue weighted by Gasteiger charge is -2.07. The molecule has 0 spiro atoms. The molecule has 1 aliphatic carbocycles. The molecular weight excluding hydrogens is 168 g/mol. The van der Waals surface area contributed by atoms with Crippen molar-refractivity contribution >= 4 is 5.78 Å². The molecule has 1 aliphatic rings. The summed E-state index contributed by atoms with van der Waals surface area (Å²) in [5.41, 5.74) is 0.399. The average molecular weight is 182 g/mol. The number of allylic oxidation sites excluding steroid dienone is 1. The Morgan fingerprint density at radius 2 is 2.23 bits per heavy atom. The van der Waals surface area contributed by atoms with E-state index in [2.05, 4.69) is 0 Å². The van der Waals surface area contributed by atoms with Crippen LogP contribution in [0.15, 0.2) is 23.5 Å². The van der Waals surface area contributed by atoms with Gasteiger partial charge in [-0.1, -0.05) is 0 Å². The fraction of sp³-hybridized carbons (Fsp3) is 0.500. The van der Waals surface area contributed by atoms with E-state index in [4.69, 9.17) is 4.74 Å². The fourth-order valence-electron chi connectivity index (χ4n) is 1.19.